The molecule has 4 nitrogen and oxygen atoms in total. The number of anilines is 1. The topological polar surface area (TPSA) is 51.1 Å². The lowest BCUT2D eigenvalue weighted by Gasteiger charge is -2.08. The highest BCUT2D eigenvalue weighted by molar-refractivity contribution is 9.10. The zero-order chi connectivity index (χ0) is 16.6. The van der Waals surface area contributed by atoms with E-state index >= 15 is 0 Å². The third-order valence-corrected chi connectivity index (χ3v) is 4.23. The number of hydrogen-bond donors (Lipinski definition) is 1. The number of nitrogens with one attached hydrogen (secondary N) is 1. The molecule has 0 radical (unpaired) electrons. The third-order valence-electron chi connectivity index (χ3n) is 3.73. The Kier molecular flexibility index (Phi) is 4.05. The molecular weight excluding hydrogens is 356 g/mol. The van der Waals surface area contributed by atoms with Crippen molar-refractivity contribution in [2.45, 2.75) is 13.8 Å². The van der Waals surface area contributed by atoms with Crippen molar-refractivity contribution in [1.82, 2.24) is 4.57 Å². The van der Waals surface area contributed by atoms with Gasteiger partial charge in [-0.05, 0) is 36.8 Å². The summed E-state index contributed by atoms with van der Waals surface area (Å²) in [6.45, 7) is 3.41. The molecule has 3 rings (SSSR count). The van der Waals surface area contributed by atoms with Crippen molar-refractivity contribution >= 4 is 44.3 Å². The van der Waals surface area contributed by atoms with Gasteiger partial charge in [-0.3, -0.25) is 14.2 Å². The molecule has 3 aromatic rings. The van der Waals surface area contributed by atoms with E-state index in [1.165, 1.54) is 11.5 Å². The molecule has 0 atom stereocenters. The Morgan fingerprint density at radius 1 is 1.13 bits per heavy atom. The first-order chi connectivity index (χ1) is 11.0. The Hall–Kier alpha value is -2.40. The largest absolute Gasteiger partial charge is 0.322 e. The zero-order valence-electron chi connectivity index (χ0n) is 12.8. The van der Waals surface area contributed by atoms with Gasteiger partial charge in [0, 0.05) is 28.7 Å². The smallest absolute Gasteiger partial charge is 0.257 e. The van der Waals surface area contributed by atoms with Gasteiger partial charge in [0.05, 0.1) is 11.1 Å². The van der Waals surface area contributed by atoms with Gasteiger partial charge in [-0.1, -0.05) is 34.1 Å². The van der Waals surface area contributed by atoms with Gasteiger partial charge in [0.1, 0.15) is 0 Å². The molecule has 1 heterocycles. The predicted octanol–water partition coefficient (Wildman–Crippen LogP) is 4.62. The summed E-state index contributed by atoms with van der Waals surface area (Å²) in [5.74, 6) is -0.355. The molecule has 23 heavy (non-hydrogen) atoms. The molecule has 1 aromatic heterocycles. The summed E-state index contributed by atoms with van der Waals surface area (Å²) in [4.78, 5) is 24.4. The van der Waals surface area contributed by atoms with E-state index in [9.17, 15) is 9.59 Å². The van der Waals surface area contributed by atoms with Gasteiger partial charge in [0.2, 0.25) is 5.91 Å². The predicted molar refractivity (Wildman–Crippen MR) is 95.1 cm³/mol. The average molecular weight is 371 g/mol. The van der Waals surface area contributed by atoms with Crippen molar-refractivity contribution in [3.63, 3.8) is 0 Å². The number of rotatable bonds is 2. The minimum atomic E-state index is -0.230. The molecule has 0 aliphatic heterocycles. The number of aryl methyl sites for hydroxylation is 1. The fourth-order valence-electron chi connectivity index (χ4n) is 2.58. The molecule has 0 saturated heterocycles. The van der Waals surface area contributed by atoms with Crippen LogP contribution in [0.5, 0.6) is 0 Å². The van der Waals surface area contributed by atoms with Crippen LogP contribution in [0.2, 0.25) is 0 Å². The van der Waals surface area contributed by atoms with Crippen LogP contribution in [0.15, 0.2) is 53.1 Å². The molecule has 2 aromatic carbocycles. The Morgan fingerprint density at radius 3 is 2.57 bits per heavy atom. The second kappa shape index (κ2) is 6.01. The summed E-state index contributed by atoms with van der Waals surface area (Å²) < 4.78 is 2.46. The lowest BCUT2D eigenvalue weighted by Crippen LogP contribution is -2.12. The van der Waals surface area contributed by atoms with Crippen LogP contribution in [0.1, 0.15) is 27.6 Å². The SMILES string of the molecule is CC(=O)n1cc(C(=O)Nc2ccc(Br)cc2C)c2ccccc21. The summed E-state index contributed by atoms with van der Waals surface area (Å²) in [6, 6.07) is 13.0. The first-order valence-electron chi connectivity index (χ1n) is 7.16. The summed E-state index contributed by atoms with van der Waals surface area (Å²) in [5.41, 5.74) is 2.93. The molecule has 0 saturated carbocycles. The van der Waals surface area contributed by atoms with Gasteiger partial charge in [0.15, 0.2) is 0 Å². The molecule has 5 heteroatoms. The van der Waals surface area contributed by atoms with Crippen LogP contribution in [0.4, 0.5) is 5.69 Å². The number of hydrogen-bond acceptors (Lipinski definition) is 2. The van der Waals surface area contributed by atoms with Crippen molar-refractivity contribution in [3.8, 4) is 0 Å². The number of benzene rings is 2. The van der Waals surface area contributed by atoms with Crippen molar-refractivity contribution in [2.75, 3.05) is 5.32 Å². The summed E-state index contributed by atoms with van der Waals surface area (Å²) in [7, 11) is 0. The third kappa shape index (κ3) is 2.92. The standard InChI is InChI=1S/C18H15BrN2O2/c1-11-9-13(19)7-8-16(11)20-18(23)15-10-21(12(2)22)17-6-4-3-5-14(15)17/h3-10H,1-2H3,(H,20,23). The molecule has 0 aliphatic rings. The van der Waals surface area contributed by atoms with E-state index in [-0.39, 0.29) is 11.8 Å². The maximum atomic E-state index is 12.7. The Labute approximate surface area is 142 Å². The second-order valence-corrected chi connectivity index (χ2v) is 6.28. The number of halogens is 1. The van der Waals surface area contributed by atoms with Crippen LogP contribution < -0.4 is 5.32 Å². The van der Waals surface area contributed by atoms with Crippen LogP contribution in [0.3, 0.4) is 0 Å². The molecule has 116 valence electrons. The number of carbonyl (C=O) groups excluding carboxylic acids is 2. The van der Waals surface area contributed by atoms with E-state index in [2.05, 4.69) is 21.2 Å². The van der Waals surface area contributed by atoms with Crippen LogP contribution in [-0.2, 0) is 0 Å². The highest BCUT2D eigenvalue weighted by Gasteiger charge is 2.17. The number of para-hydroxylation sites is 1. The number of amides is 1. The molecule has 1 amide bonds. The minimum Gasteiger partial charge on any atom is -0.322 e. The maximum Gasteiger partial charge on any atom is 0.257 e. The first kappa shape index (κ1) is 15.5. The minimum absolute atomic E-state index is 0.125. The van der Waals surface area contributed by atoms with Gasteiger partial charge in [0.25, 0.3) is 5.91 Å². The van der Waals surface area contributed by atoms with Crippen molar-refractivity contribution in [3.05, 3.63) is 64.3 Å². The number of fused-ring (bicyclic) bond motifs is 1. The highest BCUT2D eigenvalue weighted by Crippen LogP contribution is 2.24. The van der Waals surface area contributed by atoms with Crippen LogP contribution in [0.25, 0.3) is 10.9 Å². The van der Waals surface area contributed by atoms with Crippen LogP contribution in [0, 0.1) is 6.92 Å². The zero-order valence-corrected chi connectivity index (χ0v) is 14.3. The summed E-state index contributed by atoms with van der Waals surface area (Å²) >= 11 is 3.41. The number of aromatic nitrogens is 1. The summed E-state index contributed by atoms with van der Waals surface area (Å²) in [5, 5.41) is 3.67. The number of carbonyl (C=O) groups is 2. The fourth-order valence-corrected chi connectivity index (χ4v) is 3.05. The lowest BCUT2D eigenvalue weighted by atomic mass is 10.1. The normalized spacial score (nSPS) is 10.7. The molecule has 0 spiro atoms. The monoisotopic (exact) mass is 370 g/mol. The second-order valence-electron chi connectivity index (χ2n) is 5.36. The fraction of sp³-hybridized carbons (Fsp3) is 0.111. The van der Waals surface area contributed by atoms with E-state index in [1.807, 2.05) is 49.4 Å². The van der Waals surface area contributed by atoms with Gasteiger partial charge in [-0.15, -0.1) is 0 Å². The molecule has 0 bridgehead atoms. The first-order valence-corrected chi connectivity index (χ1v) is 7.95. The summed E-state index contributed by atoms with van der Waals surface area (Å²) in [6.07, 6.45) is 1.59. The maximum absolute atomic E-state index is 12.7. The highest BCUT2D eigenvalue weighted by atomic mass is 79.9. The number of nitrogens with zero attached hydrogens (tertiary/aromatic N) is 1. The molecular formula is C18H15BrN2O2. The molecule has 0 fully saturated rings. The van der Waals surface area contributed by atoms with Gasteiger partial charge in [-0.25, -0.2) is 0 Å². The van der Waals surface area contributed by atoms with Crippen LogP contribution in [-0.4, -0.2) is 16.4 Å². The van der Waals surface area contributed by atoms with Gasteiger partial charge < -0.3 is 5.32 Å². The van der Waals surface area contributed by atoms with E-state index in [4.69, 9.17) is 0 Å². The van der Waals surface area contributed by atoms with Crippen molar-refractivity contribution < 1.29 is 9.59 Å². The van der Waals surface area contributed by atoms with Gasteiger partial charge >= 0.3 is 0 Å². The Bertz CT molecular complexity index is 928. The molecule has 0 aliphatic carbocycles. The van der Waals surface area contributed by atoms with Crippen LogP contribution >= 0.6 is 15.9 Å². The Balaban J connectivity index is 2.03. The van der Waals surface area contributed by atoms with E-state index < -0.39 is 0 Å². The van der Waals surface area contributed by atoms with E-state index in [1.54, 1.807) is 6.20 Å². The quantitative estimate of drug-likeness (QED) is 0.715. The molecule has 1 N–H and O–H groups in total. The molecule has 0 unspecified atom stereocenters. The van der Waals surface area contributed by atoms with E-state index in [0.717, 1.165) is 26.6 Å². The Morgan fingerprint density at radius 2 is 1.87 bits per heavy atom. The van der Waals surface area contributed by atoms with Crippen molar-refractivity contribution in [2.24, 2.45) is 0 Å². The average Bonchev–Trinajstić information content (AvgIpc) is 2.90. The van der Waals surface area contributed by atoms with Crippen molar-refractivity contribution in [1.29, 1.82) is 0 Å². The lowest BCUT2D eigenvalue weighted by molar-refractivity contribution is 0.0941. The van der Waals surface area contributed by atoms with E-state index in [0.29, 0.717) is 5.56 Å². The van der Waals surface area contributed by atoms with Gasteiger partial charge in [-0.2, -0.15) is 0 Å².